The molecule has 5 nitrogen and oxygen atoms in total. The molecule has 1 amide bonds. The molecule has 2 aliphatic rings. The highest BCUT2D eigenvalue weighted by Crippen LogP contribution is 2.47. The first kappa shape index (κ1) is 16.5. The zero-order valence-corrected chi connectivity index (χ0v) is 15.4. The summed E-state index contributed by atoms with van der Waals surface area (Å²) in [6.07, 6.45) is 5.39. The molecule has 3 heterocycles. The molecule has 1 aliphatic heterocycles. The van der Waals surface area contributed by atoms with Gasteiger partial charge in [0.25, 0.3) is 0 Å². The number of hydrogen-bond acceptors (Lipinski definition) is 5. The monoisotopic (exact) mass is 357 g/mol. The molecule has 25 heavy (non-hydrogen) atoms. The van der Waals surface area contributed by atoms with Gasteiger partial charge in [-0.3, -0.25) is 15.0 Å². The maximum Gasteiger partial charge on any atom is 0.250 e. The predicted octanol–water partition coefficient (Wildman–Crippen LogP) is 3.89. The van der Waals surface area contributed by atoms with Crippen LogP contribution in [0.15, 0.2) is 22.6 Å². The van der Waals surface area contributed by atoms with Gasteiger partial charge in [-0.2, -0.15) is 0 Å². The molecule has 2 atom stereocenters. The second-order valence-corrected chi connectivity index (χ2v) is 7.97. The van der Waals surface area contributed by atoms with Crippen molar-refractivity contribution in [1.29, 1.82) is 0 Å². The highest BCUT2D eigenvalue weighted by Gasteiger charge is 2.36. The minimum absolute atomic E-state index is 0.170. The molecule has 132 valence electrons. The van der Waals surface area contributed by atoms with Crippen molar-refractivity contribution in [3.8, 4) is 0 Å². The Kier molecular flexibility index (Phi) is 4.48. The van der Waals surface area contributed by atoms with Gasteiger partial charge in [-0.25, -0.2) is 4.98 Å². The first-order chi connectivity index (χ1) is 12.1. The molecule has 1 saturated carbocycles. The fourth-order valence-corrected chi connectivity index (χ4v) is 4.31. The third-order valence-corrected chi connectivity index (χ3v) is 6.01. The first-order valence-corrected chi connectivity index (χ1v) is 9.73. The number of furan rings is 1. The lowest BCUT2D eigenvalue weighted by Gasteiger charge is -2.23. The average molecular weight is 357 g/mol. The van der Waals surface area contributed by atoms with Crippen LogP contribution < -0.4 is 5.32 Å². The molecule has 1 N–H and O–H groups in total. The predicted molar refractivity (Wildman–Crippen MR) is 99.7 cm³/mol. The zero-order chi connectivity index (χ0) is 17.4. The summed E-state index contributed by atoms with van der Waals surface area (Å²) in [5, 5.41) is 3.56. The van der Waals surface area contributed by atoms with Crippen LogP contribution in [0.25, 0.3) is 6.08 Å². The number of likely N-dealkylation sites (N-methyl/N-ethyl adjacent to an activating group) is 1. The van der Waals surface area contributed by atoms with E-state index in [1.54, 1.807) is 17.4 Å². The van der Waals surface area contributed by atoms with Gasteiger partial charge in [0.05, 0.1) is 5.69 Å². The first-order valence-electron chi connectivity index (χ1n) is 8.92. The van der Waals surface area contributed by atoms with Crippen LogP contribution >= 0.6 is 11.3 Å². The van der Waals surface area contributed by atoms with Crippen molar-refractivity contribution in [1.82, 2.24) is 9.88 Å². The van der Waals surface area contributed by atoms with E-state index in [2.05, 4.69) is 29.0 Å². The van der Waals surface area contributed by atoms with Crippen molar-refractivity contribution < 1.29 is 9.21 Å². The number of carbonyl (C=O) groups excluding carboxylic acids is 1. The lowest BCUT2D eigenvalue weighted by Crippen LogP contribution is -2.29. The van der Waals surface area contributed by atoms with Crippen LogP contribution in [0.5, 0.6) is 0 Å². The highest BCUT2D eigenvalue weighted by atomic mass is 32.1. The molecule has 0 saturated heterocycles. The zero-order valence-electron chi connectivity index (χ0n) is 14.6. The Morgan fingerprint density at radius 2 is 2.36 bits per heavy atom. The summed E-state index contributed by atoms with van der Waals surface area (Å²) >= 11 is 1.58. The number of hydrogen-bond donors (Lipinski definition) is 1. The van der Waals surface area contributed by atoms with Crippen molar-refractivity contribution in [2.24, 2.45) is 5.92 Å². The van der Waals surface area contributed by atoms with Crippen molar-refractivity contribution in [3.05, 3.63) is 40.3 Å². The van der Waals surface area contributed by atoms with Crippen molar-refractivity contribution in [2.45, 2.75) is 39.2 Å². The lowest BCUT2D eigenvalue weighted by molar-refractivity contribution is -0.111. The van der Waals surface area contributed by atoms with Gasteiger partial charge in [0.2, 0.25) is 5.91 Å². The summed E-state index contributed by atoms with van der Waals surface area (Å²) < 4.78 is 5.78. The van der Waals surface area contributed by atoms with Crippen LogP contribution in [0.1, 0.15) is 48.3 Å². The number of fused-ring (bicyclic) bond motifs is 1. The van der Waals surface area contributed by atoms with Crippen molar-refractivity contribution in [2.75, 3.05) is 18.4 Å². The Labute approximate surface area is 151 Å². The lowest BCUT2D eigenvalue weighted by atomic mass is 10.2. The number of aromatic nitrogens is 1. The summed E-state index contributed by atoms with van der Waals surface area (Å²) in [4.78, 5) is 20.4. The minimum Gasteiger partial charge on any atom is -0.461 e. The molecule has 2 aromatic rings. The normalized spacial score (nSPS) is 23.0. The van der Waals surface area contributed by atoms with E-state index >= 15 is 0 Å². The summed E-state index contributed by atoms with van der Waals surface area (Å²) in [5.41, 5.74) is 1.13. The van der Waals surface area contributed by atoms with Crippen molar-refractivity contribution in [3.63, 3.8) is 0 Å². The fraction of sp³-hybridized carbons (Fsp3) is 0.474. The van der Waals surface area contributed by atoms with Crippen LogP contribution in [-0.4, -0.2) is 28.9 Å². The quantitative estimate of drug-likeness (QED) is 0.825. The summed E-state index contributed by atoms with van der Waals surface area (Å²) in [6.45, 7) is 7.42. The van der Waals surface area contributed by atoms with Crippen LogP contribution in [0, 0.1) is 5.92 Å². The van der Waals surface area contributed by atoms with Gasteiger partial charge in [-0.1, -0.05) is 13.8 Å². The number of anilines is 1. The molecule has 1 aliphatic carbocycles. The Bertz CT molecular complexity index is 807. The topological polar surface area (TPSA) is 58.4 Å². The molecule has 2 aromatic heterocycles. The molecule has 0 aromatic carbocycles. The maximum atomic E-state index is 12.1. The van der Waals surface area contributed by atoms with Crippen LogP contribution in [0.3, 0.4) is 0 Å². The molecule has 0 bridgehead atoms. The largest absolute Gasteiger partial charge is 0.461 e. The van der Waals surface area contributed by atoms with E-state index < -0.39 is 0 Å². The average Bonchev–Trinajstić information content (AvgIpc) is 3.01. The molecule has 4 rings (SSSR count). The molecular formula is C19H23N3O2S. The molecule has 0 radical (unpaired) electrons. The van der Waals surface area contributed by atoms with Crippen LogP contribution in [0.4, 0.5) is 5.13 Å². The van der Waals surface area contributed by atoms with E-state index in [1.807, 2.05) is 12.1 Å². The third-order valence-electron chi connectivity index (χ3n) is 5.01. The SMILES string of the molecule is CCN1CCc2nc(NC(=O)/C=C\c3ccc([C@@H]4C[C@H]4C)o3)sc2C1. The van der Waals surface area contributed by atoms with Gasteiger partial charge < -0.3 is 4.42 Å². The van der Waals surface area contributed by atoms with Crippen molar-refractivity contribution >= 4 is 28.5 Å². The summed E-state index contributed by atoms with van der Waals surface area (Å²) in [7, 11) is 0. The summed E-state index contributed by atoms with van der Waals surface area (Å²) in [6, 6.07) is 3.94. The van der Waals surface area contributed by atoms with Gasteiger partial charge >= 0.3 is 0 Å². The number of rotatable bonds is 5. The molecule has 1 fully saturated rings. The van der Waals surface area contributed by atoms with Crippen LogP contribution in [0.2, 0.25) is 0 Å². The van der Waals surface area contributed by atoms with E-state index in [9.17, 15) is 4.79 Å². The standard InChI is InChI=1S/C19H23N3O2S/c1-3-22-9-8-15-17(11-22)25-19(20-15)21-18(23)7-5-13-4-6-16(24-13)14-10-12(14)2/h4-7,12,14H,3,8-11H2,1-2H3,(H,20,21,23)/b7-5-/t12-,14-/m1/s1. The Balaban J connectivity index is 1.36. The molecular weight excluding hydrogens is 334 g/mol. The number of nitrogens with one attached hydrogen (secondary N) is 1. The van der Waals surface area contributed by atoms with Gasteiger partial charge in [0, 0.05) is 36.4 Å². The Morgan fingerprint density at radius 3 is 3.12 bits per heavy atom. The number of amides is 1. The number of carbonyl (C=O) groups is 1. The molecule has 0 spiro atoms. The van der Waals surface area contributed by atoms with Gasteiger partial charge in [0.15, 0.2) is 5.13 Å². The second-order valence-electron chi connectivity index (χ2n) is 6.89. The van der Waals surface area contributed by atoms with E-state index in [0.29, 0.717) is 17.0 Å². The number of nitrogens with zero attached hydrogens (tertiary/aromatic N) is 2. The summed E-state index contributed by atoms with van der Waals surface area (Å²) in [5.74, 6) is 2.85. The smallest absolute Gasteiger partial charge is 0.250 e. The molecule has 6 heteroatoms. The third kappa shape index (κ3) is 3.70. The van der Waals surface area contributed by atoms with Gasteiger partial charge in [0.1, 0.15) is 11.5 Å². The van der Waals surface area contributed by atoms with E-state index in [0.717, 1.165) is 43.3 Å². The van der Waals surface area contributed by atoms with Crippen LogP contribution in [-0.2, 0) is 17.8 Å². The Morgan fingerprint density at radius 1 is 1.52 bits per heavy atom. The van der Waals surface area contributed by atoms with Gasteiger partial charge in [-0.15, -0.1) is 11.3 Å². The van der Waals surface area contributed by atoms with E-state index in [4.69, 9.17) is 4.42 Å². The highest BCUT2D eigenvalue weighted by molar-refractivity contribution is 7.15. The fourth-order valence-electron chi connectivity index (χ4n) is 3.25. The van der Waals surface area contributed by atoms with E-state index in [-0.39, 0.29) is 5.91 Å². The molecule has 0 unspecified atom stereocenters. The van der Waals surface area contributed by atoms with Gasteiger partial charge in [-0.05, 0) is 37.1 Å². The van der Waals surface area contributed by atoms with E-state index in [1.165, 1.54) is 17.4 Å². The maximum absolute atomic E-state index is 12.1. The number of thiazole rings is 1. The Hall–Kier alpha value is -1.92. The second kappa shape index (κ2) is 6.77. The minimum atomic E-state index is -0.170.